The summed E-state index contributed by atoms with van der Waals surface area (Å²) in [5, 5.41) is 8.09. The molecule has 0 radical (unpaired) electrons. The number of ether oxygens (including phenoxy) is 2. The number of carbonyl (C=O) groups excluding carboxylic acids is 1. The number of carbonyl (C=O) groups is 1. The number of benzene rings is 1. The van der Waals surface area contributed by atoms with Crippen molar-refractivity contribution in [2.24, 2.45) is 5.92 Å². The number of hydrogen-bond donors (Lipinski definition) is 1. The highest BCUT2D eigenvalue weighted by Gasteiger charge is 2.28. The maximum atomic E-state index is 12.9. The van der Waals surface area contributed by atoms with E-state index in [0.29, 0.717) is 39.5 Å². The molecule has 0 saturated carbocycles. The predicted octanol–water partition coefficient (Wildman–Crippen LogP) is 2.33. The monoisotopic (exact) mass is 429 g/mol. The summed E-state index contributed by atoms with van der Waals surface area (Å²) in [5.41, 5.74) is 1.07. The molecule has 3 heterocycles. The Balaban J connectivity index is 1.51. The molecule has 1 aliphatic heterocycles. The number of nitrogens with one attached hydrogen (secondary N) is 1. The fraction of sp³-hybridized carbons (Fsp3) is 0.400. The second kappa shape index (κ2) is 8.31. The second-order valence-corrected chi connectivity index (χ2v) is 8.09. The van der Waals surface area contributed by atoms with Crippen LogP contribution in [-0.4, -0.2) is 47.8 Å². The Morgan fingerprint density at radius 3 is 2.87 bits per heavy atom. The smallest absolute Gasteiger partial charge is 0.275 e. The zero-order chi connectivity index (χ0) is 21.3. The van der Waals surface area contributed by atoms with Gasteiger partial charge in [0.1, 0.15) is 11.5 Å². The number of hydrogen-bond acceptors (Lipinski definition) is 8. The maximum Gasteiger partial charge on any atom is 0.275 e. The van der Waals surface area contributed by atoms with Gasteiger partial charge in [-0.25, -0.2) is 4.98 Å². The predicted molar refractivity (Wildman–Crippen MR) is 115 cm³/mol. The van der Waals surface area contributed by atoms with Gasteiger partial charge < -0.3 is 19.7 Å². The van der Waals surface area contributed by atoms with Crippen molar-refractivity contribution in [3.05, 3.63) is 40.3 Å². The Morgan fingerprint density at radius 1 is 1.27 bits per heavy atom. The molecular formula is C20H23N5O4S. The van der Waals surface area contributed by atoms with Crippen LogP contribution < -0.4 is 25.2 Å². The number of anilines is 2. The number of piperidine rings is 1. The van der Waals surface area contributed by atoms with Crippen LogP contribution in [-0.2, 0) is 4.79 Å². The van der Waals surface area contributed by atoms with Gasteiger partial charge in [0, 0.05) is 30.9 Å². The van der Waals surface area contributed by atoms with E-state index in [1.807, 2.05) is 4.90 Å². The van der Waals surface area contributed by atoms with Crippen LogP contribution >= 0.6 is 11.3 Å². The number of methoxy groups -OCH3 is 2. The number of fused-ring (bicyclic) bond motifs is 1. The minimum absolute atomic E-state index is 0.0737. The lowest BCUT2D eigenvalue weighted by molar-refractivity contribution is -0.120. The molecule has 0 unspecified atom stereocenters. The molecule has 1 fully saturated rings. The maximum absolute atomic E-state index is 12.9. The molecule has 1 aliphatic rings. The van der Waals surface area contributed by atoms with Gasteiger partial charge in [0.15, 0.2) is 0 Å². The lowest BCUT2D eigenvalue weighted by atomic mass is 9.97. The van der Waals surface area contributed by atoms with E-state index in [0.717, 1.165) is 19.4 Å². The summed E-state index contributed by atoms with van der Waals surface area (Å²) in [5.74, 6) is 0.922. The van der Waals surface area contributed by atoms with E-state index in [1.54, 1.807) is 39.3 Å². The molecule has 0 bridgehead atoms. The second-order valence-electron chi connectivity index (χ2n) is 7.16. The standard InChI is InChI=1S/C20H23N5O4S/c1-12-9-17(26)25-19(21-12)30-20(23-25)24-8-4-5-13(11-24)18(27)22-15-7-6-14(28-2)10-16(15)29-3/h6-7,9-10,13H,4-5,8,11H2,1-3H3,(H,22,27)/t13-/m0/s1. The molecule has 0 spiro atoms. The Morgan fingerprint density at radius 2 is 2.10 bits per heavy atom. The van der Waals surface area contributed by atoms with Crippen LogP contribution in [0.5, 0.6) is 11.5 Å². The molecule has 30 heavy (non-hydrogen) atoms. The van der Waals surface area contributed by atoms with Gasteiger partial charge in [0.2, 0.25) is 16.0 Å². The molecular weight excluding hydrogens is 406 g/mol. The average molecular weight is 430 g/mol. The number of rotatable bonds is 5. The van der Waals surface area contributed by atoms with Gasteiger partial charge in [-0.2, -0.15) is 4.52 Å². The van der Waals surface area contributed by atoms with Crippen molar-refractivity contribution in [1.29, 1.82) is 0 Å². The highest BCUT2D eigenvalue weighted by molar-refractivity contribution is 7.20. The summed E-state index contributed by atoms with van der Waals surface area (Å²) in [6.07, 6.45) is 1.64. The van der Waals surface area contributed by atoms with Crippen molar-refractivity contribution in [3.8, 4) is 11.5 Å². The average Bonchev–Trinajstić information content (AvgIpc) is 3.18. The number of aromatic nitrogens is 3. The van der Waals surface area contributed by atoms with Gasteiger partial charge in [0.05, 0.1) is 25.8 Å². The summed E-state index contributed by atoms with van der Waals surface area (Å²) >= 11 is 1.36. The van der Waals surface area contributed by atoms with E-state index in [1.165, 1.54) is 21.9 Å². The van der Waals surface area contributed by atoms with Crippen LogP contribution in [0.4, 0.5) is 10.8 Å². The van der Waals surface area contributed by atoms with Crippen molar-refractivity contribution < 1.29 is 14.3 Å². The fourth-order valence-electron chi connectivity index (χ4n) is 3.54. The molecule has 0 aliphatic carbocycles. The third-order valence-electron chi connectivity index (χ3n) is 5.09. The number of amides is 1. The van der Waals surface area contributed by atoms with Gasteiger partial charge in [-0.05, 0) is 31.9 Å². The lowest BCUT2D eigenvalue weighted by Crippen LogP contribution is -2.40. The fourth-order valence-corrected chi connectivity index (χ4v) is 4.53. The van der Waals surface area contributed by atoms with E-state index in [-0.39, 0.29) is 17.4 Å². The van der Waals surface area contributed by atoms with Crippen molar-refractivity contribution in [3.63, 3.8) is 0 Å². The third kappa shape index (κ3) is 3.95. The molecule has 2 aromatic heterocycles. The van der Waals surface area contributed by atoms with Gasteiger partial charge in [-0.1, -0.05) is 11.3 Å². The van der Waals surface area contributed by atoms with Gasteiger partial charge in [-0.15, -0.1) is 5.10 Å². The SMILES string of the molecule is COc1ccc(NC(=O)[C@H]2CCCN(c3nn4c(=O)cc(C)nc4s3)C2)c(OC)c1. The van der Waals surface area contributed by atoms with Crippen molar-refractivity contribution in [1.82, 2.24) is 14.6 Å². The molecule has 9 nitrogen and oxygen atoms in total. The first-order valence-corrected chi connectivity index (χ1v) is 10.5. The number of nitrogens with zero attached hydrogens (tertiary/aromatic N) is 4. The summed E-state index contributed by atoms with van der Waals surface area (Å²) in [6.45, 7) is 3.09. The van der Waals surface area contributed by atoms with E-state index < -0.39 is 0 Å². The number of aryl methyl sites for hydroxylation is 1. The third-order valence-corrected chi connectivity index (χ3v) is 6.06. The lowest BCUT2D eigenvalue weighted by Gasteiger charge is -2.31. The zero-order valence-electron chi connectivity index (χ0n) is 17.0. The van der Waals surface area contributed by atoms with E-state index >= 15 is 0 Å². The largest absolute Gasteiger partial charge is 0.497 e. The highest BCUT2D eigenvalue weighted by atomic mass is 32.1. The minimum Gasteiger partial charge on any atom is -0.497 e. The Bertz CT molecular complexity index is 1140. The van der Waals surface area contributed by atoms with E-state index in [9.17, 15) is 9.59 Å². The van der Waals surface area contributed by atoms with Crippen LogP contribution in [0.25, 0.3) is 4.96 Å². The van der Waals surface area contributed by atoms with Crippen LogP contribution in [0, 0.1) is 12.8 Å². The van der Waals surface area contributed by atoms with Crippen LogP contribution in [0.3, 0.4) is 0 Å². The molecule has 3 aromatic rings. The Hall–Kier alpha value is -3.14. The summed E-state index contributed by atoms with van der Waals surface area (Å²) < 4.78 is 11.9. The van der Waals surface area contributed by atoms with Crippen LogP contribution in [0.2, 0.25) is 0 Å². The summed E-state index contributed by atoms with van der Waals surface area (Å²) in [7, 11) is 3.13. The topological polar surface area (TPSA) is 98.1 Å². The molecule has 1 saturated heterocycles. The van der Waals surface area contributed by atoms with Crippen molar-refractivity contribution >= 4 is 33.0 Å². The quantitative estimate of drug-likeness (QED) is 0.665. The molecule has 1 atom stereocenters. The Labute approximate surface area is 177 Å². The highest BCUT2D eigenvalue weighted by Crippen LogP contribution is 2.31. The van der Waals surface area contributed by atoms with E-state index in [4.69, 9.17) is 9.47 Å². The molecule has 1 amide bonds. The van der Waals surface area contributed by atoms with Crippen molar-refractivity contribution in [2.75, 3.05) is 37.5 Å². The van der Waals surface area contributed by atoms with Crippen LogP contribution in [0.1, 0.15) is 18.5 Å². The molecule has 1 N–H and O–H groups in total. The molecule has 10 heteroatoms. The normalized spacial score (nSPS) is 16.5. The minimum atomic E-state index is -0.205. The molecule has 158 valence electrons. The summed E-state index contributed by atoms with van der Waals surface area (Å²) in [4.78, 5) is 32.1. The van der Waals surface area contributed by atoms with Crippen LogP contribution in [0.15, 0.2) is 29.1 Å². The van der Waals surface area contributed by atoms with Crippen molar-refractivity contribution in [2.45, 2.75) is 19.8 Å². The first kappa shape index (κ1) is 20.1. The van der Waals surface area contributed by atoms with Gasteiger partial charge in [-0.3, -0.25) is 9.59 Å². The first-order valence-electron chi connectivity index (χ1n) is 9.64. The summed E-state index contributed by atoms with van der Waals surface area (Å²) in [6, 6.07) is 6.74. The molecule has 1 aromatic carbocycles. The van der Waals surface area contributed by atoms with Gasteiger partial charge >= 0.3 is 0 Å². The first-order chi connectivity index (χ1) is 14.5. The molecule has 4 rings (SSSR count). The van der Waals surface area contributed by atoms with Gasteiger partial charge in [0.25, 0.3) is 5.56 Å². The van der Waals surface area contributed by atoms with E-state index in [2.05, 4.69) is 15.4 Å². The zero-order valence-corrected chi connectivity index (χ0v) is 17.9. The Kier molecular flexibility index (Phi) is 5.58.